The highest BCUT2D eigenvalue weighted by Crippen LogP contribution is 2.39. The van der Waals surface area contributed by atoms with Crippen molar-refractivity contribution in [3.63, 3.8) is 0 Å². The molecule has 0 aromatic carbocycles. The first kappa shape index (κ1) is 14.6. The van der Waals surface area contributed by atoms with Gasteiger partial charge < -0.3 is 9.30 Å². The van der Waals surface area contributed by atoms with E-state index in [2.05, 4.69) is 16.5 Å². The Morgan fingerprint density at radius 3 is 2.57 bits per heavy atom. The van der Waals surface area contributed by atoms with Crippen LogP contribution in [0.25, 0.3) is 11.2 Å². The second kappa shape index (κ2) is 5.48. The summed E-state index contributed by atoms with van der Waals surface area (Å²) in [5.41, 5.74) is 1.83. The first-order chi connectivity index (χ1) is 10.0. The summed E-state index contributed by atoms with van der Waals surface area (Å²) >= 11 is 6.39. The molecule has 0 radical (unpaired) electrons. The molecule has 0 bridgehead atoms. The van der Waals surface area contributed by atoms with E-state index in [4.69, 9.17) is 21.3 Å². The largest absolute Gasteiger partial charge is 0.481 e. The van der Waals surface area contributed by atoms with Gasteiger partial charge in [0.25, 0.3) is 0 Å². The van der Waals surface area contributed by atoms with Crippen molar-refractivity contribution in [2.75, 3.05) is 7.11 Å². The summed E-state index contributed by atoms with van der Waals surface area (Å²) in [7, 11) is 1.64. The molecule has 114 valence electrons. The van der Waals surface area contributed by atoms with Crippen molar-refractivity contribution in [1.29, 1.82) is 0 Å². The minimum atomic E-state index is -0.135. The Bertz CT molecular complexity index is 644. The maximum Gasteiger partial charge on any atom is 0.215 e. The molecule has 1 saturated carbocycles. The highest BCUT2D eigenvalue weighted by molar-refractivity contribution is 6.20. The van der Waals surface area contributed by atoms with Crippen molar-refractivity contribution in [2.45, 2.75) is 56.9 Å². The molecule has 2 heterocycles. The second-order valence-corrected chi connectivity index (χ2v) is 6.83. The molecule has 21 heavy (non-hydrogen) atoms. The normalized spacial score (nSPS) is 19.6. The molecule has 0 saturated heterocycles. The van der Waals surface area contributed by atoms with Gasteiger partial charge in [-0.05, 0) is 32.8 Å². The van der Waals surface area contributed by atoms with Gasteiger partial charge in [0.05, 0.1) is 12.5 Å². The van der Waals surface area contributed by atoms with Crippen LogP contribution < -0.4 is 4.74 Å². The first-order valence-corrected chi connectivity index (χ1v) is 8.07. The van der Waals surface area contributed by atoms with Crippen LogP contribution in [-0.2, 0) is 5.54 Å². The predicted octanol–water partition coefficient (Wildman–Crippen LogP) is 4.42. The lowest BCUT2D eigenvalue weighted by molar-refractivity contribution is 0.218. The van der Waals surface area contributed by atoms with Crippen LogP contribution in [0.4, 0.5) is 0 Å². The number of alkyl halides is 1. The molecule has 0 spiro atoms. The average Bonchev–Trinajstić information content (AvgIpc) is 2.87. The van der Waals surface area contributed by atoms with Crippen LogP contribution in [0.2, 0.25) is 0 Å². The van der Waals surface area contributed by atoms with Gasteiger partial charge in [0.15, 0.2) is 5.65 Å². The minimum absolute atomic E-state index is 0.0465. The third-order valence-corrected chi connectivity index (χ3v) is 4.74. The van der Waals surface area contributed by atoms with Gasteiger partial charge in [0, 0.05) is 11.6 Å². The summed E-state index contributed by atoms with van der Waals surface area (Å²) in [4.78, 5) is 9.36. The zero-order valence-corrected chi connectivity index (χ0v) is 13.7. The molecule has 0 aliphatic heterocycles. The van der Waals surface area contributed by atoms with Gasteiger partial charge >= 0.3 is 0 Å². The Labute approximate surface area is 130 Å². The van der Waals surface area contributed by atoms with Gasteiger partial charge in [-0.1, -0.05) is 19.3 Å². The molecular weight excluding hydrogens is 286 g/mol. The first-order valence-electron chi connectivity index (χ1n) is 7.63. The van der Waals surface area contributed by atoms with Gasteiger partial charge in [-0.15, -0.1) is 11.6 Å². The predicted molar refractivity (Wildman–Crippen MR) is 85.1 cm³/mol. The lowest BCUT2D eigenvalue weighted by Gasteiger charge is -2.36. The molecule has 1 aliphatic rings. The van der Waals surface area contributed by atoms with Crippen molar-refractivity contribution < 1.29 is 4.74 Å². The number of rotatable bonds is 3. The Morgan fingerprint density at radius 1 is 1.24 bits per heavy atom. The lowest BCUT2D eigenvalue weighted by atomic mass is 9.83. The van der Waals surface area contributed by atoms with E-state index in [0.29, 0.717) is 5.88 Å². The molecule has 0 N–H and O–H groups in total. The van der Waals surface area contributed by atoms with E-state index in [1.807, 2.05) is 19.1 Å². The SMILES string of the molecule is COc1ccc2nc(C(C)Cl)n(C3(C)CCCCC3)c2n1. The van der Waals surface area contributed by atoms with E-state index >= 15 is 0 Å². The maximum atomic E-state index is 6.39. The van der Waals surface area contributed by atoms with Gasteiger partial charge in [-0.2, -0.15) is 4.98 Å². The van der Waals surface area contributed by atoms with Crippen LogP contribution in [0.1, 0.15) is 57.2 Å². The summed E-state index contributed by atoms with van der Waals surface area (Å²) in [6.07, 6.45) is 6.10. The van der Waals surface area contributed by atoms with Crippen LogP contribution >= 0.6 is 11.6 Å². The number of pyridine rings is 1. The zero-order valence-electron chi connectivity index (χ0n) is 12.9. The number of imidazole rings is 1. The lowest BCUT2D eigenvalue weighted by Crippen LogP contribution is -2.34. The fourth-order valence-corrected chi connectivity index (χ4v) is 3.55. The third-order valence-electron chi connectivity index (χ3n) is 4.54. The van der Waals surface area contributed by atoms with Crippen molar-refractivity contribution >= 4 is 22.8 Å². The van der Waals surface area contributed by atoms with E-state index < -0.39 is 0 Å². The number of fused-ring (bicyclic) bond motifs is 1. The second-order valence-electron chi connectivity index (χ2n) is 6.18. The highest BCUT2D eigenvalue weighted by atomic mass is 35.5. The van der Waals surface area contributed by atoms with Crippen LogP contribution in [-0.4, -0.2) is 21.6 Å². The van der Waals surface area contributed by atoms with E-state index in [-0.39, 0.29) is 10.9 Å². The Kier molecular flexibility index (Phi) is 3.82. The number of hydrogen-bond acceptors (Lipinski definition) is 3. The summed E-state index contributed by atoms with van der Waals surface area (Å²) in [5.74, 6) is 1.54. The van der Waals surface area contributed by atoms with Crippen molar-refractivity contribution in [1.82, 2.24) is 14.5 Å². The number of nitrogens with zero attached hydrogens (tertiary/aromatic N) is 3. The third kappa shape index (κ3) is 2.50. The molecule has 5 heteroatoms. The zero-order chi connectivity index (χ0) is 15.0. The van der Waals surface area contributed by atoms with Crippen LogP contribution in [0.3, 0.4) is 0 Å². The van der Waals surface area contributed by atoms with E-state index in [1.54, 1.807) is 7.11 Å². The van der Waals surface area contributed by atoms with Gasteiger partial charge in [0.1, 0.15) is 11.3 Å². The number of hydrogen-bond donors (Lipinski definition) is 0. The number of halogens is 1. The topological polar surface area (TPSA) is 39.9 Å². The molecule has 2 aromatic heterocycles. The van der Waals surface area contributed by atoms with Gasteiger partial charge in [0.2, 0.25) is 5.88 Å². The molecule has 1 aliphatic carbocycles. The molecular formula is C16H22ClN3O. The van der Waals surface area contributed by atoms with Crippen molar-refractivity contribution in [3.05, 3.63) is 18.0 Å². The molecule has 0 amide bonds. The average molecular weight is 308 g/mol. The van der Waals surface area contributed by atoms with E-state index in [1.165, 1.54) is 19.3 Å². The molecule has 1 atom stereocenters. The summed E-state index contributed by atoms with van der Waals surface area (Å²) in [6.45, 7) is 4.28. The highest BCUT2D eigenvalue weighted by Gasteiger charge is 2.34. The molecule has 3 rings (SSSR count). The molecule has 4 nitrogen and oxygen atoms in total. The fourth-order valence-electron chi connectivity index (χ4n) is 3.41. The molecule has 1 fully saturated rings. The molecule has 2 aromatic rings. The van der Waals surface area contributed by atoms with E-state index in [0.717, 1.165) is 29.8 Å². The summed E-state index contributed by atoms with van der Waals surface area (Å²) in [5, 5.41) is -0.135. The van der Waals surface area contributed by atoms with Gasteiger partial charge in [-0.3, -0.25) is 0 Å². The summed E-state index contributed by atoms with van der Waals surface area (Å²) in [6, 6.07) is 3.82. The quantitative estimate of drug-likeness (QED) is 0.788. The number of aromatic nitrogens is 3. The van der Waals surface area contributed by atoms with Crippen molar-refractivity contribution in [3.8, 4) is 5.88 Å². The van der Waals surface area contributed by atoms with Crippen LogP contribution in [0.5, 0.6) is 5.88 Å². The summed E-state index contributed by atoms with van der Waals surface area (Å²) < 4.78 is 7.55. The standard InChI is InChI=1S/C16H22ClN3O/c1-11(17)14-18-12-7-8-13(21-3)19-15(12)20(14)16(2)9-5-4-6-10-16/h7-8,11H,4-6,9-10H2,1-3H3. The van der Waals surface area contributed by atoms with E-state index in [9.17, 15) is 0 Å². The van der Waals surface area contributed by atoms with Crippen LogP contribution in [0, 0.1) is 0 Å². The minimum Gasteiger partial charge on any atom is -0.481 e. The van der Waals surface area contributed by atoms with Crippen LogP contribution in [0.15, 0.2) is 12.1 Å². The van der Waals surface area contributed by atoms with Gasteiger partial charge in [-0.25, -0.2) is 4.98 Å². The smallest absolute Gasteiger partial charge is 0.215 e. The number of ether oxygens (including phenoxy) is 1. The molecule has 1 unspecified atom stereocenters. The van der Waals surface area contributed by atoms with Crippen molar-refractivity contribution in [2.24, 2.45) is 0 Å². The Balaban J connectivity index is 2.23. The Morgan fingerprint density at radius 2 is 1.95 bits per heavy atom. The Hall–Kier alpha value is -1.29. The fraction of sp³-hybridized carbons (Fsp3) is 0.625. The maximum absolute atomic E-state index is 6.39. The number of methoxy groups -OCH3 is 1. The monoisotopic (exact) mass is 307 g/mol.